The molecule has 0 atom stereocenters. The van der Waals surface area contributed by atoms with E-state index in [1.165, 1.54) is 6.07 Å². The highest BCUT2D eigenvalue weighted by molar-refractivity contribution is 14.0. The van der Waals surface area contributed by atoms with E-state index in [1.807, 2.05) is 23.0 Å². The number of aromatic nitrogens is 2. The van der Waals surface area contributed by atoms with Crippen LogP contribution in [0.1, 0.15) is 17.5 Å². The molecular formula is C16H23FIN5. The lowest BCUT2D eigenvalue weighted by Gasteiger charge is -2.12. The van der Waals surface area contributed by atoms with E-state index in [-0.39, 0.29) is 29.8 Å². The van der Waals surface area contributed by atoms with Gasteiger partial charge in [-0.25, -0.2) is 4.39 Å². The van der Waals surface area contributed by atoms with Gasteiger partial charge in [0.2, 0.25) is 0 Å². The maximum Gasteiger partial charge on any atom is 0.191 e. The molecule has 0 unspecified atom stereocenters. The zero-order valence-corrected chi connectivity index (χ0v) is 15.8. The third-order valence-electron chi connectivity index (χ3n) is 3.32. The van der Waals surface area contributed by atoms with E-state index >= 15 is 0 Å². The minimum absolute atomic E-state index is 0. The minimum atomic E-state index is -0.176. The summed E-state index contributed by atoms with van der Waals surface area (Å²) in [5.74, 6) is 0.562. The molecule has 2 N–H and O–H groups in total. The van der Waals surface area contributed by atoms with Crippen molar-refractivity contribution in [3.8, 4) is 0 Å². The van der Waals surface area contributed by atoms with Gasteiger partial charge in [0.25, 0.3) is 0 Å². The molecule has 0 saturated heterocycles. The number of nitrogens with zero attached hydrogens (tertiary/aromatic N) is 3. The second-order valence-corrected chi connectivity index (χ2v) is 5.06. The summed E-state index contributed by atoms with van der Waals surface area (Å²) in [6.07, 6.45) is 4.68. The van der Waals surface area contributed by atoms with E-state index in [2.05, 4.69) is 20.7 Å². The first kappa shape index (κ1) is 19.4. The number of aliphatic imine (C=N–C) groups is 1. The van der Waals surface area contributed by atoms with E-state index < -0.39 is 0 Å². The fourth-order valence-electron chi connectivity index (χ4n) is 2.10. The average Bonchev–Trinajstić information content (AvgIpc) is 3.03. The third-order valence-corrected chi connectivity index (χ3v) is 3.32. The van der Waals surface area contributed by atoms with Gasteiger partial charge < -0.3 is 10.6 Å². The molecular weight excluding hydrogens is 408 g/mol. The topological polar surface area (TPSA) is 54.2 Å². The summed E-state index contributed by atoms with van der Waals surface area (Å²) in [6.45, 7) is 4.05. The standard InChI is InChI=1S/C16H22FN5.HI/c1-13-11-14(5-6-15(13)17)12-20-16(18-2)19-7-3-9-22-10-4-8-21-22;/h4-6,8,10-11H,3,7,9,12H2,1-2H3,(H2,18,19,20);1H. The first-order valence-electron chi connectivity index (χ1n) is 7.36. The number of benzene rings is 1. The molecule has 23 heavy (non-hydrogen) atoms. The first-order chi connectivity index (χ1) is 10.7. The van der Waals surface area contributed by atoms with Crippen LogP contribution in [0.25, 0.3) is 0 Å². The van der Waals surface area contributed by atoms with Crippen molar-refractivity contribution in [2.45, 2.75) is 26.4 Å². The largest absolute Gasteiger partial charge is 0.356 e. The molecule has 0 spiro atoms. The molecule has 1 heterocycles. The van der Waals surface area contributed by atoms with Crippen molar-refractivity contribution in [2.24, 2.45) is 4.99 Å². The van der Waals surface area contributed by atoms with Crippen LogP contribution in [0.15, 0.2) is 41.7 Å². The highest BCUT2D eigenvalue weighted by atomic mass is 127. The second kappa shape index (κ2) is 10.2. The number of hydrogen-bond acceptors (Lipinski definition) is 2. The Morgan fingerprint density at radius 2 is 2.17 bits per heavy atom. The maximum absolute atomic E-state index is 13.2. The molecule has 0 radical (unpaired) electrons. The summed E-state index contributed by atoms with van der Waals surface area (Å²) in [5, 5.41) is 10.6. The first-order valence-corrected chi connectivity index (χ1v) is 7.36. The van der Waals surface area contributed by atoms with Crippen molar-refractivity contribution in [1.82, 2.24) is 20.4 Å². The number of nitrogens with one attached hydrogen (secondary N) is 2. The molecule has 2 aromatic rings. The summed E-state index contributed by atoms with van der Waals surface area (Å²) < 4.78 is 15.1. The van der Waals surface area contributed by atoms with Crippen LogP contribution >= 0.6 is 24.0 Å². The van der Waals surface area contributed by atoms with Crippen LogP contribution in [-0.2, 0) is 13.1 Å². The van der Waals surface area contributed by atoms with Gasteiger partial charge in [-0.3, -0.25) is 9.67 Å². The number of rotatable bonds is 6. The summed E-state index contributed by atoms with van der Waals surface area (Å²) in [7, 11) is 1.73. The number of aryl methyl sites for hydroxylation is 2. The van der Waals surface area contributed by atoms with Gasteiger partial charge in [-0.05, 0) is 36.6 Å². The van der Waals surface area contributed by atoms with Gasteiger partial charge >= 0.3 is 0 Å². The summed E-state index contributed by atoms with van der Waals surface area (Å²) in [4.78, 5) is 4.18. The quantitative estimate of drug-likeness (QED) is 0.320. The monoisotopic (exact) mass is 431 g/mol. The van der Waals surface area contributed by atoms with Gasteiger partial charge in [-0.2, -0.15) is 5.10 Å². The van der Waals surface area contributed by atoms with Crippen LogP contribution in [0, 0.1) is 12.7 Å². The zero-order valence-electron chi connectivity index (χ0n) is 13.4. The molecule has 0 amide bonds. The number of guanidine groups is 1. The van der Waals surface area contributed by atoms with Gasteiger partial charge in [0.05, 0.1) is 0 Å². The van der Waals surface area contributed by atoms with Gasteiger partial charge in [-0.1, -0.05) is 12.1 Å². The Balaban J connectivity index is 0.00000264. The molecule has 0 aliphatic heterocycles. The van der Waals surface area contributed by atoms with Gasteiger partial charge in [0.1, 0.15) is 5.82 Å². The Labute approximate surface area is 153 Å². The second-order valence-electron chi connectivity index (χ2n) is 5.06. The molecule has 0 bridgehead atoms. The zero-order chi connectivity index (χ0) is 15.8. The molecule has 1 aromatic heterocycles. The van der Waals surface area contributed by atoms with Crippen molar-refractivity contribution in [2.75, 3.05) is 13.6 Å². The Bertz CT molecular complexity index is 613. The number of halogens is 2. The number of hydrogen-bond donors (Lipinski definition) is 2. The van der Waals surface area contributed by atoms with E-state index in [9.17, 15) is 4.39 Å². The fourth-order valence-corrected chi connectivity index (χ4v) is 2.10. The van der Waals surface area contributed by atoms with Crippen LogP contribution in [-0.4, -0.2) is 29.3 Å². The van der Waals surface area contributed by atoms with E-state index in [0.29, 0.717) is 12.1 Å². The predicted octanol–water partition coefficient (Wildman–Crippen LogP) is 2.70. The normalized spacial score (nSPS) is 11.0. The van der Waals surface area contributed by atoms with Gasteiger partial charge in [0.15, 0.2) is 5.96 Å². The molecule has 0 saturated carbocycles. The van der Waals surface area contributed by atoms with Crippen LogP contribution < -0.4 is 10.6 Å². The van der Waals surface area contributed by atoms with Crippen LogP contribution in [0.4, 0.5) is 4.39 Å². The Morgan fingerprint density at radius 3 is 2.83 bits per heavy atom. The molecule has 126 valence electrons. The predicted molar refractivity (Wildman–Crippen MR) is 102 cm³/mol. The van der Waals surface area contributed by atoms with Crippen molar-refractivity contribution in [3.63, 3.8) is 0 Å². The van der Waals surface area contributed by atoms with Crippen molar-refractivity contribution < 1.29 is 4.39 Å². The van der Waals surface area contributed by atoms with Crippen LogP contribution in [0.3, 0.4) is 0 Å². The summed E-state index contributed by atoms with van der Waals surface area (Å²) in [6, 6.07) is 7.03. The van der Waals surface area contributed by atoms with Crippen molar-refractivity contribution in [1.29, 1.82) is 0 Å². The Hall–Kier alpha value is -1.64. The van der Waals surface area contributed by atoms with Crippen molar-refractivity contribution in [3.05, 3.63) is 53.6 Å². The summed E-state index contributed by atoms with van der Waals surface area (Å²) >= 11 is 0. The van der Waals surface area contributed by atoms with Gasteiger partial charge in [-0.15, -0.1) is 24.0 Å². The fraction of sp³-hybridized carbons (Fsp3) is 0.375. The molecule has 0 aliphatic rings. The molecule has 0 aliphatic carbocycles. The highest BCUT2D eigenvalue weighted by Crippen LogP contribution is 2.08. The lowest BCUT2D eigenvalue weighted by Crippen LogP contribution is -2.37. The van der Waals surface area contributed by atoms with E-state index in [0.717, 1.165) is 31.0 Å². The van der Waals surface area contributed by atoms with Crippen LogP contribution in [0.5, 0.6) is 0 Å². The average molecular weight is 431 g/mol. The highest BCUT2D eigenvalue weighted by Gasteiger charge is 2.01. The summed E-state index contributed by atoms with van der Waals surface area (Å²) in [5.41, 5.74) is 1.68. The van der Waals surface area contributed by atoms with E-state index in [1.54, 1.807) is 26.2 Å². The van der Waals surface area contributed by atoms with Gasteiger partial charge in [0, 0.05) is 39.1 Å². The lowest BCUT2D eigenvalue weighted by molar-refractivity contribution is 0.570. The Morgan fingerprint density at radius 1 is 1.35 bits per heavy atom. The van der Waals surface area contributed by atoms with Crippen molar-refractivity contribution >= 4 is 29.9 Å². The van der Waals surface area contributed by atoms with Crippen LogP contribution in [0.2, 0.25) is 0 Å². The molecule has 0 fully saturated rings. The maximum atomic E-state index is 13.2. The molecule has 7 heteroatoms. The minimum Gasteiger partial charge on any atom is -0.356 e. The molecule has 5 nitrogen and oxygen atoms in total. The molecule has 2 rings (SSSR count). The van der Waals surface area contributed by atoms with E-state index in [4.69, 9.17) is 0 Å². The Kier molecular flexibility index (Phi) is 8.60. The SMILES string of the molecule is CN=C(NCCCn1cccn1)NCc1ccc(F)c(C)c1.I. The third kappa shape index (κ3) is 6.55. The molecule has 1 aromatic carbocycles. The smallest absolute Gasteiger partial charge is 0.191 e. The lowest BCUT2D eigenvalue weighted by atomic mass is 10.1.